The molecule has 1 aliphatic heterocycles. The third-order valence-electron chi connectivity index (χ3n) is 4.44. The summed E-state index contributed by atoms with van der Waals surface area (Å²) in [6, 6.07) is -0.113. The van der Waals surface area contributed by atoms with Gasteiger partial charge in [0.1, 0.15) is 0 Å². The molecule has 1 saturated heterocycles. The molecule has 24 heavy (non-hydrogen) atoms. The maximum atomic E-state index is 12.6. The van der Waals surface area contributed by atoms with Gasteiger partial charge in [-0.15, -0.1) is 12.4 Å². The molecule has 3 heterocycles. The van der Waals surface area contributed by atoms with Gasteiger partial charge < -0.3 is 15.2 Å². The minimum absolute atomic E-state index is 0. The zero-order chi connectivity index (χ0) is 16.7. The van der Waals surface area contributed by atoms with Crippen LogP contribution in [0.3, 0.4) is 0 Å². The first-order valence-electron chi connectivity index (χ1n) is 8.08. The molecule has 0 bridgehead atoms. The molecule has 0 radical (unpaired) electrons. The number of rotatable bonds is 3. The van der Waals surface area contributed by atoms with Gasteiger partial charge in [-0.25, -0.2) is 4.79 Å². The normalized spacial score (nSPS) is 16.2. The van der Waals surface area contributed by atoms with Gasteiger partial charge in [0.25, 0.3) is 5.56 Å². The molecule has 2 N–H and O–H groups in total. The first kappa shape index (κ1) is 18.5. The lowest BCUT2D eigenvalue weighted by Crippen LogP contribution is -2.38. The van der Waals surface area contributed by atoms with E-state index in [2.05, 4.69) is 9.88 Å². The molecule has 0 amide bonds. The van der Waals surface area contributed by atoms with E-state index in [-0.39, 0.29) is 29.7 Å². The quantitative estimate of drug-likeness (QED) is 0.847. The number of anilines is 1. The summed E-state index contributed by atoms with van der Waals surface area (Å²) in [6.07, 6.45) is 3.43. The van der Waals surface area contributed by atoms with E-state index in [1.807, 2.05) is 11.5 Å². The summed E-state index contributed by atoms with van der Waals surface area (Å²) in [5, 5.41) is 0. The van der Waals surface area contributed by atoms with Crippen LogP contribution in [-0.2, 0) is 20.6 Å². The number of hydrogen-bond acceptors (Lipinski definition) is 5. The fourth-order valence-electron chi connectivity index (χ4n) is 3.23. The highest BCUT2D eigenvalue weighted by atomic mass is 35.5. The topological polar surface area (TPSA) is 91.1 Å². The molecule has 0 aliphatic carbocycles. The van der Waals surface area contributed by atoms with Crippen LogP contribution in [0.15, 0.2) is 9.59 Å². The minimum Gasteiger partial charge on any atom is -0.342 e. The lowest BCUT2D eigenvalue weighted by Gasteiger charge is -2.28. The predicted molar refractivity (Wildman–Crippen MR) is 97.2 cm³/mol. The molecule has 2 aromatic heterocycles. The molecular weight excluding hydrogens is 332 g/mol. The number of imidazole rings is 1. The van der Waals surface area contributed by atoms with Gasteiger partial charge >= 0.3 is 5.69 Å². The van der Waals surface area contributed by atoms with Crippen molar-refractivity contribution in [3.63, 3.8) is 0 Å². The van der Waals surface area contributed by atoms with E-state index in [0.717, 1.165) is 36.4 Å². The van der Waals surface area contributed by atoms with E-state index in [1.54, 1.807) is 7.05 Å². The van der Waals surface area contributed by atoms with Gasteiger partial charge in [-0.3, -0.25) is 13.9 Å². The Morgan fingerprint density at radius 3 is 2.33 bits per heavy atom. The zero-order valence-corrected chi connectivity index (χ0v) is 15.2. The summed E-state index contributed by atoms with van der Waals surface area (Å²) in [7, 11) is 3.14. The van der Waals surface area contributed by atoms with Crippen LogP contribution in [0.1, 0.15) is 26.2 Å². The van der Waals surface area contributed by atoms with Crippen molar-refractivity contribution < 1.29 is 0 Å². The summed E-state index contributed by atoms with van der Waals surface area (Å²) in [5.74, 6) is 0.746. The van der Waals surface area contributed by atoms with E-state index in [1.165, 1.54) is 18.0 Å². The second-order valence-electron chi connectivity index (χ2n) is 6.43. The Labute approximate surface area is 146 Å². The van der Waals surface area contributed by atoms with E-state index in [4.69, 9.17) is 5.73 Å². The van der Waals surface area contributed by atoms with Crippen LogP contribution in [-0.4, -0.2) is 37.8 Å². The highest BCUT2D eigenvalue weighted by Gasteiger charge is 2.24. The molecular formula is C15H25ClN6O2. The summed E-state index contributed by atoms with van der Waals surface area (Å²) in [6.45, 7) is 4.22. The number of aryl methyl sites for hydroxylation is 1. The second kappa shape index (κ2) is 6.98. The monoisotopic (exact) mass is 356 g/mol. The lowest BCUT2D eigenvalue weighted by molar-refractivity contribution is 0.540. The van der Waals surface area contributed by atoms with Crippen molar-refractivity contribution in [3.05, 3.63) is 20.8 Å². The predicted octanol–water partition coefficient (Wildman–Crippen LogP) is 0.193. The molecule has 3 rings (SSSR count). The van der Waals surface area contributed by atoms with Crippen molar-refractivity contribution in [1.29, 1.82) is 0 Å². The fourth-order valence-corrected chi connectivity index (χ4v) is 3.23. The molecule has 1 fully saturated rings. The number of nitrogens with two attached hydrogens (primary N) is 1. The Balaban J connectivity index is 0.00000208. The molecule has 8 nitrogen and oxygen atoms in total. The van der Waals surface area contributed by atoms with Gasteiger partial charge in [-0.2, -0.15) is 4.98 Å². The van der Waals surface area contributed by atoms with Crippen LogP contribution in [0, 0.1) is 0 Å². The zero-order valence-electron chi connectivity index (χ0n) is 14.4. The number of nitrogens with zero attached hydrogens (tertiary/aromatic N) is 5. The summed E-state index contributed by atoms with van der Waals surface area (Å²) in [4.78, 5) is 31.6. The number of halogens is 1. The van der Waals surface area contributed by atoms with E-state index < -0.39 is 0 Å². The standard InChI is InChI=1S/C15H24N6O2.ClH/c1-10(16)9-21-11-12(18(2)15(23)19(3)13(11)22)17-14(21)20-7-5-4-6-8-20;/h10H,4-9,16H2,1-3H3;1H. The van der Waals surface area contributed by atoms with Crippen molar-refractivity contribution in [2.75, 3.05) is 18.0 Å². The molecule has 134 valence electrons. The second-order valence-corrected chi connectivity index (χ2v) is 6.43. The third-order valence-corrected chi connectivity index (χ3v) is 4.44. The minimum atomic E-state index is -0.363. The summed E-state index contributed by atoms with van der Waals surface area (Å²) >= 11 is 0. The molecule has 1 aliphatic rings. The number of piperidine rings is 1. The Hall–Kier alpha value is -1.80. The average Bonchev–Trinajstić information content (AvgIpc) is 2.90. The van der Waals surface area contributed by atoms with Gasteiger partial charge in [0.2, 0.25) is 5.95 Å². The van der Waals surface area contributed by atoms with Crippen molar-refractivity contribution in [1.82, 2.24) is 18.7 Å². The van der Waals surface area contributed by atoms with Gasteiger partial charge in [0.15, 0.2) is 11.2 Å². The Morgan fingerprint density at radius 2 is 1.75 bits per heavy atom. The summed E-state index contributed by atoms with van der Waals surface area (Å²) < 4.78 is 4.44. The third kappa shape index (κ3) is 2.95. The maximum absolute atomic E-state index is 12.6. The Bertz CT molecular complexity index is 844. The highest BCUT2D eigenvalue weighted by molar-refractivity contribution is 5.85. The largest absolute Gasteiger partial charge is 0.342 e. The average molecular weight is 357 g/mol. The molecule has 1 unspecified atom stereocenters. The first-order chi connectivity index (χ1) is 10.9. The van der Waals surface area contributed by atoms with Gasteiger partial charge in [0.05, 0.1) is 0 Å². The molecule has 9 heteroatoms. The number of hydrogen-bond donors (Lipinski definition) is 1. The van der Waals surface area contributed by atoms with Crippen LogP contribution in [0.4, 0.5) is 5.95 Å². The van der Waals surface area contributed by atoms with Gasteiger partial charge in [-0.1, -0.05) is 0 Å². The van der Waals surface area contributed by atoms with Crippen molar-refractivity contribution in [2.45, 2.75) is 38.8 Å². The van der Waals surface area contributed by atoms with Crippen LogP contribution in [0.25, 0.3) is 11.2 Å². The molecule has 1 atom stereocenters. The van der Waals surface area contributed by atoms with Crippen LogP contribution >= 0.6 is 12.4 Å². The van der Waals surface area contributed by atoms with Crippen LogP contribution < -0.4 is 21.9 Å². The SMILES string of the molecule is CC(N)Cn1c(N2CCCCC2)nc2c1c(=O)n(C)c(=O)n2C.Cl. The molecule has 2 aromatic rings. The highest BCUT2D eigenvalue weighted by Crippen LogP contribution is 2.23. The number of fused-ring (bicyclic) bond motifs is 1. The van der Waals surface area contributed by atoms with Crippen LogP contribution in [0.2, 0.25) is 0 Å². The molecule has 0 spiro atoms. The van der Waals surface area contributed by atoms with E-state index in [0.29, 0.717) is 17.7 Å². The number of aromatic nitrogens is 4. The van der Waals surface area contributed by atoms with Crippen molar-refractivity contribution in [3.8, 4) is 0 Å². The van der Waals surface area contributed by atoms with E-state index in [9.17, 15) is 9.59 Å². The Kier molecular flexibility index (Phi) is 5.39. The van der Waals surface area contributed by atoms with Crippen molar-refractivity contribution in [2.24, 2.45) is 19.8 Å². The molecule has 0 saturated carbocycles. The Morgan fingerprint density at radius 1 is 1.12 bits per heavy atom. The maximum Gasteiger partial charge on any atom is 0.332 e. The fraction of sp³-hybridized carbons (Fsp3) is 0.667. The van der Waals surface area contributed by atoms with Crippen molar-refractivity contribution >= 4 is 29.5 Å². The molecule has 0 aromatic carbocycles. The van der Waals surface area contributed by atoms with Crippen LogP contribution in [0.5, 0.6) is 0 Å². The lowest BCUT2D eigenvalue weighted by atomic mass is 10.1. The first-order valence-corrected chi connectivity index (χ1v) is 8.08. The smallest absolute Gasteiger partial charge is 0.332 e. The van der Waals surface area contributed by atoms with Gasteiger partial charge in [-0.05, 0) is 26.2 Å². The van der Waals surface area contributed by atoms with Gasteiger partial charge in [0, 0.05) is 39.8 Å². The summed E-state index contributed by atoms with van der Waals surface area (Å²) in [5.41, 5.74) is 6.18. The van der Waals surface area contributed by atoms with E-state index >= 15 is 0 Å².